The van der Waals surface area contributed by atoms with Gasteiger partial charge in [0.05, 0.1) is 5.39 Å². The number of nitrogens with zero attached hydrogens (tertiary/aromatic N) is 1. The van der Waals surface area contributed by atoms with Crippen LogP contribution in [0.15, 0.2) is 39.5 Å². The smallest absolute Gasteiger partial charge is 0.259 e. The Morgan fingerprint density at radius 1 is 1.36 bits per heavy atom. The minimum Gasteiger partial charge on any atom is -0.437 e. The molecule has 5 nitrogen and oxygen atoms in total. The minimum atomic E-state index is -0.578. The molecule has 0 unspecified atom stereocenters. The molecule has 0 radical (unpaired) electrons. The van der Waals surface area contributed by atoms with Crippen molar-refractivity contribution in [1.82, 2.24) is 4.98 Å². The van der Waals surface area contributed by atoms with E-state index >= 15 is 0 Å². The van der Waals surface area contributed by atoms with Gasteiger partial charge in [0.2, 0.25) is 5.55 Å². The highest BCUT2D eigenvalue weighted by molar-refractivity contribution is 5.95. The van der Waals surface area contributed by atoms with Gasteiger partial charge in [-0.2, -0.15) is 5.26 Å². The summed E-state index contributed by atoms with van der Waals surface area (Å²) in [4.78, 5) is 14.9. The van der Waals surface area contributed by atoms with E-state index in [4.69, 9.17) is 9.83 Å². The van der Waals surface area contributed by atoms with Crippen LogP contribution in [0.2, 0.25) is 0 Å². The molecule has 0 saturated heterocycles. The summed E-state index contributed by atoms with van der Waals surface area (Å²) in [7, 11) is 0. The molecule has 0 aliphatic carbocycles. The molecule has 0 fully saturated rings. The maximum atomic E-state index is 14.1. The lowest BCUT2D eigenvalue weighted by Crippen LogP contribution is -2.15. The number of aryl methyl sites for hydroxylation is 1. The van der Waals surface area contributed by atoms with Gasteiger partial charge in [0.15, 0.2) is 0 Å². The number of halogens is 1. The van der Waals surface area contributed by atoms with Crippen molar-refractivity contribution in [2.24, 2.45) is 0 Å². The topological polar surface area (TPSA) is 93.6 Å². The third-order valence-corrected chi connectivity index (χ3v) is 3.33. The van der Waals surface area contributed by atoms with E-state index in [1.165, 1.54) is 18.2 Å². The van der Waals surface area contributed by atoms with Crippen LogP contribution >= 0.6 is 0 Å². The van der Waals surface area contributed by atoms with Crippen LogP contribution in [0, 0.1) is 29.5 Å². The molecule has 0 atom stereocenters. The molecule has 3 rings (SSSR count). The number of pyridine rings is 1. The van der Waals surface area contributed by atoms with E-state index in [0.717, 1.165) is 0 Å². The lowest BCUT2D eigenvalue weighted by atomic mass is 9.97. The molecule has 1 aromatic carbocycles. The van der Waals surface area contributed by atoms with E-state index in [9.17, 15) is 14.4 Å². The van der Waals surface area contributed by atoms with Crippen LogP contribution in [0.5, 0.6) is 0 Å². The zero-order valence-electron chi connectivity index (χ0n) is 11.5. The Morgan fingerprint density at radius 2 is 2.09 bits per heavy atom. The molecular weight excluding hydrogens is 285 g/mol. The zero-order chi connectivity index (χ0) is 15.9. The lowest BCUT2D eigenvalue weighted by Gasteiger charge is -2.09. The van der Waals surface area contributed by atoms with Crippen LogP contribution in [0.1, 0.15) is 11.3 Å². The van der Waals surface area contributed by atoms with E-state index in [1.807, 2.05) is 6.07 Å². The second-order valence-corrected chi connectivity index (χ2v) is 4.79. The quantitative estimate of drug-likeness (QED) is 0.722. The Balaban J connectivity index is 2.63. The highest BCUT2D eigenvalue weighted by Gasteiger charge is 2.19. The molecular formula is C16H10FN3O2. The Hall–Kier alpha value is -3.20. The first-order chi connectivity index (χ1) is 10.5. The van der Waals surface area contributed by atoms with Gasteiger partial charge in [0.25, 0.3) is 5.56 Å². The summed E-state index contributed by atoms with van der Waals surface area (Å²) < 4.78 is 19.4. The number of hydrogen-bond donors (Lipinski definition) is 2. The van der Waals surface area contributed by atoms with Gasteiger partial charge in [0, 0.05) is 22.9 Å². The van der Waals surface area contributed by atoms with Crippen LogP contribution < -0.4 is 11.1 Å². The molecule has 0 aliphatic rings. The Labute approximate surface area is 123 Å². The predicted molar refractivity (Wildman–Crippen MR) is 77.5 cm³/mol. The largest absolute Gasteiger partial charge is 0.437 e. The first-order valence-corrected chi connectivity index (χ1v) is 6.43. The number of aromatic nitrogens is 1. The second kappa shape index (κ2) is 4.97. The van der Waals surface area contributed by atoms with Crippen molar-refractivity contribution in [2.45, 2.75) is 6.92 Å². The Kier molecular flexibility index (Phi) is 3.11. The summed E-state index contributed by atoms with van der Waals surface area (Å²) in [5.74, 6) is -0.578. The van der Waals surface area contributed by atoms with Gasteiger partial charge in [-0.1, -0.05) is 18.2 Å². The summed E-state index contributed by atoms with van der Waals surface area (Å²) in [6.45, 7) is 1.67. The number of benzene rings is 1. The van der Waals surface area contributed by atoms with E-state index in [-0.39, 0.29) is 27.7 Å². The lowest BCUT2D eigenvalue weighted by molar-refractivity contribution is 0.530. The van der Waals surface area contributed by atoms with Gasteiger partial charge in [0.1, 0.15) is 23.0 Å². The van der Waals surface area contributed by atoms with Crippen molar-refractivity contribution < 1.29 is 8.81 Å². The average Bonchev–Trinajstić information content (AvgIpc) is 2.46. The molecule has 2 heterocycles. The molecule has 2 N–H and O–H groups in total. The molecule has 3 aromatic rings. The van der Waals surface area contributed by atoms with Crippen LogP contribution in [0.25, 0.3) is 22.1 Å². The fourth-order valence-electron chi connectivity index (χ4n) is 2.42. The molecule has 0 bridgehead atoms. The summed E-state index contributed by atoms with van der Waals surface area (Å²) in [5, 5.41) is 17.2. The van der Waals surface area contributed by atoms with Crippen LogP contribution in [0.3, 0.4) is 0 Å². The van der Waals surface area contributed by atoms with Crippen molar-refractivity contribution >= 4 is 11.0 Å². The SMILES string of the molecule is Cc1cc2oc(=N)c(C#N)c(-c3ccccc3F)c2c(=O)[nH]1. The fourth-order valence-corrected chi connectivity index (χ4v) is 2.42. The molecule has 0 aliphatic heterocycles. The first-order valence-electron chi connectivity index (χ1n) is 6.43. The minimum absolute atomic E-state index is 0.0586. The van der Waals surface area contributed by atoms with Crippen molar-refractivity contribution in [3.63, 3.8) is 0 Å². The molecule has 2 aromatic heterocycles. The third-order valence-electron chi connectivity index (χ3n) is 3.33. The van der Waals surface area contributed by atoms with Crippen molar-refractivity contribution in [1.29, 1.82) is 10.7 Å². The van der Waals surface area contributed by atoms with Gasteiger partial charge in [-0.05, 0) is 13.0 Å². The average molecular weight is 295 g/mol. The van der Waals surface area contributed by atoms with Crippen LogP contribution in [-0.2, 0) is 0 Å². The number of hydrogen-bond acceptors (Lipinski definition) is 4. The van der Waals surface area contributed by atoms with E-state index in [2.05, 4.69) is 4.98 Å². The zero-order valence-corrected chi connectivity index (χ0v) is 11.5. The molecule has 0 amide bonds. The van der Waals surface area contributed by atoms with Gasteiger partial charge in [-0.25, -0.2) is 4.39 Å². The van der Waals surface area contributed by atoms with Crippen molar-refractivity contribution in [2.75, 3.05) is 0 Å². The summed E-state index contributed by atoms with van der Waals surface area (Å²) in [5.41, 5.74) is -0.220. The molecule has 0 spiro atoms. The highest BCUT2D eigenvalue weighted by atomic mass is 19.1. The van der Waals surface area contributed by atoms with Crippen LogP contribution in [0.4, 0.5) is 4.39 Å². The maximum absolute atomic E-state index is 14.1. The van der Waals surface area contributed by atoms with E-state index in [0.29, 0.717) is 5.69 Å². The number of rotatable bonds is 1. The van der Waals surface area contributed by atoms with Crippen LogP contribution in [-0.4, -0.2) is 4.98 Å². The van der Waals surface area contributed by atoms with Crippen molar-refractivity contribution in [3.8, 4) is 17.2 Å². The predicted octanol–water partition coefficient (Wildman–Crippen LogP) is 2.59. The van der Waals surface area contributed by atoms with E-state index in [1.54, 1.807) is 19.1 Å². The second-order valence-electron chi connectivity index (χ2n) is 4.79. The number of nitriles is 1. The van der Waals surface area contributed by atoms with Gasteiger partial charge in [-0.3, -0.25) is 10.2 Å². The van der Waals surface area contributed by atoms with Gasteiger partial charge < -0.3 is 9.40 Å². The highest BCUT2D eigenvalue weighted by Crippen LogP contribution is 2.30. The normalized spacial score (nSPS) is 10.6. The van der Waals surface area contributed by atoms with Gasteiger partial charge >= 0.3 is 0 Å². The maximum Gasteiger partial charge on any atom is 0.259 e. The molecule has 0 saturated carbocycles. The molecule has 22 heavy (non-hydrogen) atoms. The van der Waals surface area contributed by atoms with E-state index < -0.39 is 16.9 Å². The molecule has 108 valence electrons. The Morgan fingerprint density at radius 3 is 2.77 bits per heavy atom. The van der Waals surface area contributed by atoms with Crippen molar-refractivity contribution in [3.05, 3.63) is 63.3 Å². The third kappa shape index (κ3) is 2.00. The standard InChI is InChI=1S/C16H10FN3O2/c1-8-6-12-14(16(21)20-8)13(10(7-18)15(19)22-12)9-4-2-3-5-11(9)17/h2-6,19H,1H3,(H,20,21). The summed E-state index contributed by atoms with van der Waals surface area (Å²) in [6.07, 6.45) is 0. The number of nitrogens with one attached hydrogen (secondary N) is 2. The fraction of sp³-hybridized carbons (Fsp3) is 0.0625. The number of fused-ring (bicyclic) bond motifs is 1. The Bertz CT molecular complexity index is 1060. The summed E-state index contributed by atoms with van der Waals surface area (Å²) >= 11 is 0. The first kappa shape index (κ1) is 13.8. The molecule has 6 heteroatoms. The summed E-state index contributed by atoms with van der Waals surface area (Å²) in [6, 6.07) is 9.17. The number of aromatic amines is 1. The monoisotopic (exact) mass is 295 g/mol. The number of H-pyrrole nitrogens is 1. The van der Waals surface area contributed by atoms with Gasteiger partial charge in [-0.15, -0.1) is 0 Å².